The molecule has 0 bridgehead atoms. The summed E-state index contributed by atoms with van der Waals surface area (Å²) in [6, 6.07) is 4.68. The van der Waals surface area contributed by atoms with Gasteiger partial charge in [0, 0.05) is 31.0 Å². The summed E-state index contributed by atoms with van der Waals surface area (Å²) in [7, 11) is 1.90. The van der Waals surface area contributed by atoms with E-state index in [-0.39, 0.29) is 0 Å². The van der Waals surface area contributed by atoms with Gasteiger partial charge >= 0.3 is 0 Å². The summed E-state index contributed by atoms with van der Waals surface area (Å²) in [6.45, 7) is 5.38. The maximum absolute atomic E-state index is 4.71. The van der Waals surface area contributed by atoms with E-state index < -0.39 is 0 Å². The molecule has 0 spiro atoms. The molecular formula is C15H20N4S. The minimum absolute atomic E-state index is 0.384. The van der Waals surface area contributed by atoms with Crippen molar-refractivity contribution in [3.63, 3.8) is 0 Å². The van der Waals surface area contributed by atoms with Crippen LogP contribution in [0.4, 0.5) is 11.6 Å². The Balaban J connectivity index is 1.97. The molecule has 4 nitrogen and oxygen atoms in total. The van der Waals surface area contributed by atoms with E-state index in [0.29, 0.717) is 6.04 Å². The largest absolute Gasteiger partial charge is 0.373 e. The lowest BCUT2D eigenvalue weighted by Crippen LogP contribution is -2.34. The van der Waals surface area contributed by atoms with Gasteiger partial charge in [-0.25, -0.2) is 9.97 Å². The first-order chi connectivity index (χ1) is 9.72. The molecule has 5 heteroatoms. The molecule has 20 heavy (non-hydrogen) atoms. The van der Waals surface area contributed by atoms with E-state index in [1.807, 2.05) is 24.5 Å². The van der Waals surface area contributed by atoms with Crippen LogP contribution >= 0.6 is 11.3 Å². The van der Waals surface area contributed by atoms with E-state index in [2.05, 4.69) is 40.5 Å². The number of fused-ring (bicyclic) bond motifs is 1. The minimum Gasteiger partial charge on any atom is -0.373 e. The van der Waals surface area contributed by atoms with Crippen LogP contribution in [0.3, 0.4) is 0 Å². The Kier molecular flexibility index (Phi) is 3.61. The van der Waals surface area contributed by atoms with Crippen LogP contribution in [-0.4, -0.2) is 23.6 Å². The van der Waals surface area contributed by atoms with Gasteiger partial charge in [-0.1, -0.05) is 6.92 Å². The minimum atomic E-state index is 0.384. The summed E-state index contributed by atoms with van der Waals surface area (Å²) in [5, 5.41) is 5.33. The van der Waals surface area contributed by atoms with Crippen molar-refractivity contribution in [3.8, 4) is 0 Å². The molecule has 0 amide bonds. The van der Waals surface area contributed by atoms with E-state index in [4.69, 9.17) is 4.98 Å². The van der Waals surface area contributed by atoms with Crippen LogP contribution in [0.2, 0.25) is 0 Å². The van der Waals surface area contributed by atoms with Crippen LogP contribution in [0.1, 0.15) is 36.2 Å². The van der Waals surface area contributed by atoms with E-state index >= 15 is 0 Å². The van der Waals surface area contributed by atoms with Crippen LogP contribution in [0.5, 0.6) is 0 Å². The summed E-state index contributed by atoms with van der Waals surface area (Å²) in [6.07, 6.45) is 1.96. The molecule has 0 fully saturated rings. The third kappa shape index (κ3) is 2.26. The third-order valence-corrected chi connectivity index (χ3v) is 4.90. The SMILES string of the molecule is CCc1nc(NC)cc(N2CCc3sccc3C2C)n1. The number of thiophene rings is 1. The van der Waals surface area contributed by atoms with Gasteiger partial charge in [-0.2, -0.15) is 0 Å². The zero-order chi connectivity index (χ0) is 14.1. The molecule has 1 atom stereocenters. The molecule has 1 aliphatic rings. The number of nitrogens with one attached hydrogen (secondary N) is 1. The van der Waals surface area contributed by atoms with E-state index in [0.717, 1.165) is 36.8 Å². The molecule has 1 N–H and O–H groups in total. The van der Waals surface area contributed by atoms with Crippen molar-refractivity contribution in [2.45, 2.75) is 32.7 Å². The van der Waals surface area contributed by atoms with Crippen LogP contribution in [0.15, 0.2) is 17.5 Å². The molecule has 2 aromatic rings. The number of hydrogen-bond acceptors (Lipinski definition) is 5. The Labute approximate surface area is 123 Å². The highest BCUT2D eigenvalue weighted by Gasteiger charge is 2.26. The molecule has 0 aliphatic carbocycles. The van der Waals surface area contributed by atoms with Crippen molar-refractivity contribution in [1.82, 2.24) is 9.97 Å². The number of anilines is 2. The summed E-state index contributed by atoms with van der Waals surface area (Å²) >= 11 is 1.87. The smallest absolute Gasteiger partial charge is 0.134 e. The topological polar surface area (TPSA) is 41.1 Å². The van der Waals surface area contributed by atoms with Gasteiger partial charge in [0.1, 0.15) is 17.5 Å². The van der Waals surface area contributed by atoms with Gasteiger partial charge in [0.05, 0.1) is 6.04 Å². The monoisotopic (exact) mass is 288 g/mol. The summed E-state index contributed by atoms with van der Waals surface area (Å²) in [5.41, 5.74) is 1.45. The van der Waals surface area contributed by atoms with Crippen LogP contribution in [0.25, 0.3) is 0 Å². The first-order valence-electron chi connectivity index (χ1n) is 7.11. The fourth-order valence-corrected chi connectivity index (χ4v) is 3.70. The average Bonchev–Trinajstić information content (AvgIpc) is 2.96. The molecule has 0 saturated carbocycles. The molecule has 0 saturated heterocycles. The standard InChI is InChI=1S/C15H20N4S/c1-4-13-17-14(16-3)9-15(18-13)19-7-5-12-11(10(19)2)6-8-20-12/h6,8-10H,4-5,7H2,1-3H3,(H,16,17,18). The number of rotatable bonds is 3. The highest BCUT2D eigenvalue weighted by Crippen LogP contribution is 2.35. The van der Waals surface area contributed by atoms with Crippen molar-refractivity contribution in [2.24, 2.45) is 0 Å². The lowest BCUT2D eigenvalue weighted by atomic mass is 10.0. The fraction of sp³-hybridized carbons (Fsp3) is 0.467. The van der Waals surface area contributed by atoms with Gasteiger partial charge in [-0.05, 0) is 30.4 Å². The Morgan fingerprint density at radius 2 is 2.30 bits per heavy atom. The zero-order valence-electron chi connectivity index (χ0n) is 12.2. The molecule has 3 rings (SSSR count). The van der Waals surface area contributed by atoms with E-state index in [1.54, 1.807) is 0 Å². The number of nitrogens with zero attached hydrogens (tertiary/aromatic N) is 3. The molecule has 3 heterocycles. The first-order valence-corrected chi connectivity index (χ1v) is 7.99. The molecule has 0 radical (unpaired) electrons. The van der Waals surface area contributed by atoms with Crippen molar-refractivity contribution < 1.29 is 0 Å². The van der Waals surface area contributed by atoms with Gasteiger partial charge in [0.2, 0.25) is 0 Å². The average molecular weight is 288 g/mol. The van der Waals surface area contributed by atoms with E-state index in [1.165, 1.54) is 10.4 Å². The van der Waals surface area contributed by atoms with Gasteiger partial charge in [0.15, 0.2) is 0 Å². The maximum Gasteiger partial charge on any atom is 0.134 e. The van der Waals surface area contributed by atoms with Crippen LogP contribution < -0.4 is 10.2 Å². The predicted octanol–water partition coefficient (Wildman–Crippen LogP) is 3.27. The van der Waals surface area contributed by atoms with Gasteiger partial charge in [0.25, 0.3) is 0 Å². The quantitative estimate of drug-likeness (QED) is 0.941. The van der Waals surface area contributed by atoms with Crippen molar-refractivity contribution in [1.29, 1.82) is 0 Å². The number of aryl methyl sites for hydroxylation is 1. The third-order valence-electron chi connectivity index (χ3n) is 3.90. The molecule has 1 unspecified atom stereocenters. The lowest BCUT2D eigenvalue weighted by Gasteiger charge is -2.34. The maximum atomic E-state index is 4.71. The lowest BCUT2D eigenvalue weighted by molar-refractivity contribution is 0.622. The van der Waals surface area contributed by atoms with Crippen LogP contribution in [-0.2, 0) is 12.8 Å². The molecule has 0 aromatic carbocycles. The Hall–Kier alpha value is -1.62. The second-order valence-electron chi connectivity index (χ2n) is 5.05. The van der Waals surface area contributed by atoms with Gasteiger partial charge in [-0.15, -0.1) is 11.3 Å². The highest BCUT2D eigenvalue weighted by molar-refractivity contribution is 7.10. The van der Waals surface area contributed by atoms with Crippen molar-refractivity contribution >= 4 is 23.0 Å². The van der Waals surface area contributed by atoms with Crippen molar-refractivity contribution in [3.05, 3.63) is 33.8 Å². The fourth-order valence-electron chi connectivity index (χ4n) is 2.74. The summed E-state index contributed by atoms with van der Waals surface area (Å²) in [5.74, 6) is 2.83. The number of aromatic nitrogens is 2. The summed E-state index contributed by atoms with van der Waals surface area (Å²) in [4.78, 5) is 13.1. The highest BCUT2D eigenvalue weighted by atomic mass is 32.1. The second-order valence-corrected chi connectivity index (χ2v) is 6.05. The van der Waals surface area contributed by atoms with E-state index in [9.17, 15) is 0 Å². The first kappa shape index (κ1) is 13.4. The Morgan fingerprint density at radius 1 is 1.45 bits per heavy atom. The Bertz CT molecular complexity index is 585. The molecular weight excluding hydrogens is 268 g/mol. The van der Waals surface area contributed by atoms with Crippen LogP contribution in [0, 0.1) is 0 Å². The Morgan fingerprint density at radius 3 is 3.05 bits per heavy atom. The number of hydrogen-bond donors (Lipinski definition) is 1. The normalized spacial score (nSPS) is 17.9. The zero-order valence-corrected chi connectivity index (χ0v) is 13.0. The van der Waals surface area contributed by atoms with Gasteiger partial charge in [-0.3, -0.25) is 0 Å². The molecule has 1 aliphatic heterocycles. The molecule has 106 valence electrons. The van der Waals surface area contributed by atoms with Crippen molar-refractivity contribution in [2.75, 3.05) is 23.8 Å². The predicted molar refractivity (Wildman–Crippen MR) is 84.7 cm³/mol. The summed E-state index contributed by atoms with van der Waals surface area (Å²) < 4.78 is 0. The second kappa shape index (κ2) is 5.40. The molecule has 2 aromatic heterocycles. The van der Waals surface area contributed by atoms with Gasteiger partial charge < -0.3 is 10.2 Å².